The summed E-state index contributed by atoms with van der Waals surface area (Å²) in [4.78, 5) is 36.2. The van der Waals surface area contributed by atoms with Gasteiger partial charge < -0.3 is 10.6 Å². The summed E-state index contributed by atoms with van der Waals surface area (Å²) < 4.78 is 1.52. The van der Waals surface area contributed by atoms with E-state index in [4.69, 9.17) is 0 Å². The summed E-state index contributed by atoms with van der Waals surface area (Å²) in [5.74, 6) is -0.762. The summed E-state index contributed by atoms with van der Waals surface area (Å²) in [5, 5.41) is 9.87. The number of hydrogen-bond acceptors (Lipinski definition) is 4. The molecule has 7 heteroatoms. The Morgan fingerprint density at radius 1 is 1.00 bits per heavy atom. The Bertz CT molecular complexity index is 1070. The predicted molar refractivity (Wildman–Crippen MR) is 100 cm³/mol. The average molecular weight is 350 g/mol. The molecule has 0 unspecified atom stereocenters. The van der Waals surface area contributed by atoms with Crippen LogP contribution in [0.3, 0.4) is 0 Å². The van der Waals surface area contributed by atoms with Crippen molar-refractivity contribution in [2.45, 2.75) is 13.8 Å². The molecule has 0 spiro atoms. The standard InChI is InChI=1S/C19H18N4O3/c1-11-4-9-16-15(10-11)18(25)17(22-23(16)3)19(26)21-14-7-5-13(6-8-14)20-12(2)24/h4-10H,1-3H3,(H,20,24)(H,21,26). The van der Waals surface area contributed by atoms with Crippen LogP contribution in [0.15, 0.2) is 47.3 Å². The highest BCUT2D eigenvalue weighted by molar-refractivity contribution is 6.04. The highest BCUT2D eigenvalue weighted by atomic mass is 16.2. The molecule has 3 rings (SSSR count). The van der Waals surface area contributed by atoms with E-state index in [1.165, 1.54) is 11.6 Å². The third-order valence-electron chi connectivity index (χ3n) is 3.89. The molecule has 0 atom stereocenters. The van der Waals surface area contributed by atoms with Gasteiger partial charge in [-0.25, -0.2) is 0 Å². The minimum atomic E-state index is -0.582. The van der Waals surface area contributed by atoms with Gasteiger partial charge in [-0.15, -0.1) is 0 Å². The van der Waals surface area contributed by atoms with Gasteiger partial charge in [0.05, 0.1) is 10.9 Å². The second kappa shape index (κ2) is 6.79. The Balaban J connectivity index is 1.91. The highest BCUT2D eigenvalue weighted by Crippen LogP contribution is 2.15. The van der Waals surface area contributed by atoms with Crippen molar-refractivity contribution in [1.82, 2.24) is 9.78 Å². The number of carbonyl (C=O) groups is 2. The first kappa shape index (κ1) is 17.3. The fourth-order valence-corrected chi connectivity index (χ4v) is 2.67. The van der Waals surface area contributed by atoms with E-state index in [0.717, 1.165) is 5.56 Å². The van der Waals surface area contributed by atoms with Crippen LogP contribution in [0.5, 0.6) is 0 Å². The third kappa shape index (κ3) is 3.46. The van der Waals surface area contributed by atoms with Crippen LogP contribution in [0.4, 0.5) is 11.4 Å². The van der Waals surface area contributed by atoms with Gasteiger partial charge in [-0.2, -0.15) is 5.10 Å². The van der Waals surface area contributed by atoms with Gasteiger partial charge in [-0.3, -0.25) is 19.1 Å². The van der Waals surface area contributed by atoms with Crippen LogP contribution < -0.4 is 16.1 Å². The first-order chi connectivity index (χ1) is 12.3. The number of aromatic nitrogens is 2. The van der Waals surface area contributed by atoms with Gasteiger partial charge in [0.1, 0.15) is 0 Å². The van der Waals surface area contributed by atoms with Crippen molar-refractivity contribution in [3.8, 4) is 0 Å². The normalized spacial score (nSPS) is 10.6. The first-order valence-corrected chi connectivity index (χ1v) is 8.02. The summed E-state index contributed by atoms with van der Waals surface area (Å²) in [6.07, 6.45) is 0. The SMILES string of the molecule is CC(=O)Nc1ccc(NC(=O)c2nn(C)c3ccc(C)cc3c2=O)cc1. The molecule has 3 aromatic rings. The van der Waals surface area contributed by atoms with E-state index in [2.05, 4.69) is 15.7 Å². The van der Waals surface area contributed by atoms with Gasteiger partial charge in [0.25, 0.3) is 5.91 Å². The molecule has 0 bridgehead atoms. The molecule has 0 aliphatic heterocycles. The van der Waals surface area contributed by atoms with Gasteiger partial charge >= 0.3 is 0 Å². The Kier molecular flexibility index (Phi) is 4.53. The zero-order valence-electron chi connectivity index (χ0n) is 14.7. The van der Waals surface area contributed by atoms with Crippen LogP contribution in [0, 0.1) is 6.92 Å². The molecule has 0 saturated carbocycles. The van der Waals surface area contributed by atoms with Gasteiger partial charge in [0.15, 0.2) is 5.69 Å². The van der Waals surface area contributed by atoms with Gasteiger partial charge in [0, 0.05) is 25.3 Å². The van der Waals surface area contributed by atoms with Crippen molar-refractivity contribution in [2.24, 2.45) is 7.05 Å². The predicted octanol–water partition coefficient (Wildman–Crippen LogP) is 2.45. The second-order valence-electron chi connectivity index (χ2n) is 6.03. The number of nitrogens with zero attached hydrogens (tertiary/aromatic N) is 2. The molecular weight excluding hydrogens is 332 g/mol. The summed E-state index contributed by atoms with van der Waals surface area (Å²) in [6, 6.07) is 12.0. The second-order valence-corrected chi connectivity index (χ2v) is 6.03. The molecule has 2 aromatic carbocycles. The quantitative estimate of drug-likeness (QED) is 0.759. The number of hydrogen-bond donors (Lipinski definition) is 2. The lowest BCUT2D eigenvalue weighted by atomic mass is 10.1. The summed E-state index contributed by atoms with van der Waals surface area (Å²) in [7, 11) is 1.69. The molecule has 0 aliphatic carbocycles. The molecule has 26 heavy (non-hydrogen) atoms. The molecule has 2 N–H and O–H groups in total. The molecule has 2 amide bonds. The van der Waals surface area contributed by atoms with E-state index in [0.29, 0.717) is 22.3 Å². The van der Waals surface area contributed by atoms with Crippen LogP contribution in [0.2, 0.25) is 0 Å². The van der Waals surface area contributed by atoms with Crippen molar-refractivity contribution in [3.63, 3.8) is 0 Å². The highest BCUT2D eigenvalue weighted by Gasteiger charge is 2.17. The lowest BCUT2D eigenvalue weighted by molar-refractivity contribution is -0.114. The molecule has 0 fully saturated rings. The smallest absolute Gasteiger partial charge is 0.280 e. The van der Waals surface area contributed by atoms with E-state index in [-0.39, 0.29) is 11.6 Å². The largest absolute Gasteiger partial charge is 0.326 e. The van der Waals surface area contributed by atoms with Gasteiger partial charge in [0.2, 0.25) is 11.3 Å². The number of anilines is 2. The molecule has 132 valence electrons. The number of amides is 2. The van der Waals surface area contributed by atoms with Crippen LogP contribution in [0.1, 0.15) is 23.0 Å². The van der Waals surface area contributed by atoms with Crippen molar-refractivity contribution >= 4 is 34.1 Å². The molecule has 1 aromatic heterocycles. The summed E-state index contributed by atoms with van der Waals surface area (Å²) >= 11 is 0. The minimum Gasteiger partial charge on any atom is -0.326 e. The van der Waals surface area contributed by atoms with E-state index >= 15 is 0 Å². The number of benzene rings is 2. The maximum Gasteiger partial charge on any atom is 0.280 e. The molecular formula is C19H18N4O3. The fraction of sp³-hybridized carbons (Fsp3) is 0.158. The van der Waals surface area contributed by atoms with E-state index in [9.17, 15) is 14.4 Å². The van der Waals surface area contributed by atoms with Crippen LogP contribution in [-0.4, -0.2) is 21.6 Å². The summed E-state index contributed by atoms with van der Waals surface area (Å²) in [5.41, 5.74) is 2.13. The van der Waals surface area contributed by atoms with Crippen molar-refractivity contribution in [3.05, 3.63) is 63.9 Å². The zero-order chi connectivity index (χ0) is 18.8. The number of aryl methyl sites for hydroxylation is 2. The monoisotopic (exact) mass is 350 g/mol. The molecule has 1 heterocycles. The van der Waals surface area contributed by atoms with E-state index in [1.807, 2.05) is 19.1 Å². The zero-order valence-corrected chi connectivity index (χ0v) is 14.7. The maximum absolute atomic E-state index is 12.7. The maximum atomic E-state index is 12.7. The Morgan fingerprint density at radius 3 is 2.23 bits per heavy atom. The van der Waals surface area contributed by atoms with Gasteiger partial charge in [-0.1, -0.05) is 11.6 Å². The summed E-state index contributed by atoms with van der Waals surface area (Å²) in [6.45, 7) is 3.30. The number of nitrogens with one attached hydrogen (secondary N) is 2. The fourth-order valence-electron chi connectivity index (χ4n) is 2.67. The Morgan fingerprint density at radius 2 is 1.62 bits per heavy atom. The number of fused-ring (bicyclic) bond motifs is 1. The van der Waals surface area contributed by atoms with E-state index in [1.54, 1.807) is 37.4 Å². The van der Waals surface area contributed by atoms with Crippen molar-refractivity contribution < 1.29 is 9.59 Å². The van der Waals surface area contributed by atoms with Crippen LogP contribution in [0.25, 0.3) is 10.9 Å². The van der Waals surface area contributed by atoms with Crippen LogP contribution in [-0.2, 0) is 11.8 Å². The van der Waals surface area contributed by atoms with E-state index < -0.39 is 11.3 Å². The lowest BCUT2D eigenvalue weighted by Crippen LogP contribution is -2.26. The lowest BCUT2D eigenvalue weighted by Gasteiger charge is -2.09. The average Bonchev–Trinajstić information content (AvgIpc) is 2.59. The Labute approximate surface area is 149 Å². The third-order valence-corrected chi connectivity index (χ3v) is 3.89. The Hall–Kier alpha value is -3.48. The molecule has 0 saturated heterocycles. The van der Waals surface area contributed by atoms with Crippen molar-refractivity contribution in [2.75, 3.05) is 10.6 Å². The molecule has 0 radical (unpaired) electrons. The van der Waals surface area contributed by atoms with Crippen LogP contribution >= 0.6 is 0 Å². The van der Waals surface area contributed by atoms with Crippen molar-refractivity contribution in [1.29, 1.82) is 0 Å². The number of rotatable bonds is 3. The minimum absolute atomic E-state index is 0.170. The first-order valence-electron chi connectivity index (χ1n) is 8.02. The van der Waals surface area contributed by atoms with Gasteiger partial charge in [-0.05, 0) is 43.3 Å². The molecule has 7 nitrogen and oxygen atoms in total. The number of carbonyl (C=O) groups excluding carboxylic acids is 2. The molecule has 0 aliphatic rings. The topological polar surface area (TPSA) is 93.1 Å².